The number of fused-ring (bicyclic) bond motifs is 14. The molecule has 10 aromatic carbocycles. The van der Waals surface area contributed by atoms with E-state index in [1.807, 2.05) is 0 Å². The lowest BCUT2D eigenvalue weighted by Crippen LogP contribution is -2.27. The number of hydrogen-bond acceptors (Lipinski definition) is 2. The van der Waals surface area contributed by atoms with Crippen LogP contribution >= 0.6 is 0 Å². The zero-order valence-corrected chi connectivity index (χ0v) is 42.9. The van der Waals surface area contributed by atoms with Gasteiger partial charge in [-0.25, -0.2) is 0 Å². The summed E-state index contributed by atoms with van der Waals surface area (Å²) in [5.41, 5.74) is 27.6. The lowest BCUT2D eigenvalue weighted by molar-refractivity contribution is 0.806. The third kappa shape index (κ3) is 6.82. The topological polar surface area (TPSA) is 6.48 Å². The summed E-state index contributed by atoms with van der Waals surface area (Å²) in [5, 5.41) is 5.26. The molecule has 71 heavy (non-hydrogen) atoms. The van der Waals surface area contributed by atoms with Crippen LogP contribution in [0.2, 0.25) is 0 Å². The second kappa shape index (κ2) is 16.7. The van der Waals surface area contributed by atoms with Crippen LogP contribution in [0.4, 0.5) is 34.1 Å². The van der Waals surface area contributed by atoms with Gasteiger partial charge in [0.05, 0.1) is 5.41 Å². The fraction of sp³-hybridized carbons (Fsp3) is 0.188. The van der Waals surface area contributed by atoms with Crippen molar-refractivity contribution in [1.29, 1.82) is 0 Å². The molecule has 0 bridgehead atoms. The second-order valence-electron chi connectivity index (χ2n) is 21.3. The van der Waals surface area contributed by atoms with E-state index in [1.165, 1.54) is 133 Å². The molecule has 0 saturated carbocycles. The van der Waals surface area contributed by atoms with Crippen LogP contribution in [0.25, 0.3) is 43.8 Å². The van der Waals surface area contributed by atoms with Gasteiger partial charge in [0, 0.05) is 34.1 Å². The zero-order valence-electron chi connectivity index (χ0n) is 42.9. The highest BCUT2D eigenvalue weighted by atomic mass is 15.1. The predicted molar refractivity (Wildman–Crippen MR) is 304 cm³/mol. The maximum atomic E-state index is 2.60. The molecule has 2 aliphatic rings. The van der Waals surface area contributed by atoms with Gasteiger partial charge in [0.25, 0.3) is 0 Å². The molecule has 2 aliphatic carbocycles. The number of aryl methyl sites for hydroxylation is 6. The van der Waals surface area contributed by atoms with Crippen LogP contribution in [-0.4, -0.2) is 0 Å². The standard InChI is InChI=1S/C69H62N2/c1-41(2)57-39-61-62-40-58(42(3)4)60-38-50(71(66-26-18-12-20-48(66)10)52-35-45(7)32-46(8)36-52)28-30-56(60)68(62)69(63-23-15-13-21-53(63)54-22-14-16-24-64(54)69)67(61)55-29-27-49(37-59(55)57)70(65-25-17-11-19-47(65)9)51-33-43(5)31-44(6)34-51/h11-42H,1-10H3. The van der Waals surface area contributed by atoms with E-state index >= 15 is 0 Å². The molecule has 0 unspecified atom stereocenters. The van der Waals surface area contributed by atoms with Crippen LogP contribution in [0.5, 0.6) is 0 Å². The van der Waals surface area contributed by atoms with Crippen LogP contribution in [0, 0.1) is 41.5 Å². The highest BCUT2D eigenvalue weighted by Gasteiger charge is 2.54. The zero-order chi connectivity index (χ0) is 49.0. The largest absolute Gasteiger partial charge is 0.310 e. The van der Waals surface area contributed by atoms with Crippen molar-refractivity contribution in [3.8, 4) is 22.3 Å². The van der Waals surface area contributed by atoms with E-state index in [4.69, 9.17) is 0 Å². The fourth-order valence-corrected chi connectivity index (χ4v) is 12.9. The van der Waals surface area contributed by atoms with Crippen molar-refractivity contribution in [2.24, 2.45) is 0 Å². The first kappa shape index (κ1) is 44.5. The molecule has 0 amide bonds. The Hall–Kier alpha value is -7.68. The Morgan fingerprint density at radius 3 is 1.07 bits per heavy atom. The minimum atomic E-state index is -0.574. The molecule has 1 spiro atoms. The maximum Gasteiger partial charge on any atom is 0.0737 e. The predicted octanol–water partition coefficient (Wildman–Crippen LogP) is 19.4. The quantitative estimate of drug-likeness (QED) is 0.150. The molecule has 0 radical (unpaired) electrons. The number of benzene rings is 10. The van der Waals surface area contributed by atoms with Gasteiger partial charge in [0.1, 0.15) is 0 Å². The van der Waals surface area contributed by atoms with Crippen LogP contribution in [0.3, 0.4) is 0 Å². The molecule has 348 valence electrons. The molecule has 0 N–H and O–H groups in total. The number of hydrogen-bond donors (Lipinski definition) is 0. The molecule has 10 aromatic rings. The first-order valence-corrected chi connectivity index (χ1v) is 25.6. The molecule has 2 heteroatoms. The first-order chi connectivity index (χ1) is 34.3. The van der Waals surface area contributed by atoms with Crippen molar-refractivity contribution in [1.82, 2.24) is 0 Å². The Morgan fingerprint density at radius 1 is 0.324 bits per heavy atom. The van der Waals surface area contributed by atoms with E-state index in [9.17, 15) is 0 Å². The normalized spacial score (nSPS) is 13.0. The smallest absolute Gasteiger partial charge is 0.0737 e. The van der Waals surface area contributed by atoms with Gasteiger partial charge in [-0.3, -0.25) is 0 Å². The average molecular weight is 919 g/mol. The van der Waals surface area contributed by atoms with E-state index in [0.717, 1.165) is 11.4 Å². The summed E-state index contributed by atoms with van der Waals surface area (Å²) in [5.74, 6) is 0.555. The molecular weight excluding hydrogens is 857 g/mol. The summed E-state index contributed by atoms with van der Waals surface area (Å²) >= 11 is 0. The summed E-state index contributed by atoms with van der Waals surface area (Å²) in [4.78, 5) is 4.96. The lowest BCUT2D eigenvalue weighted by atomic mass is 9.67. The van der Waals surface area contributed by atoms with Crippen molar-refractivity contribution < 1.29 is 0 Å². The summed E-state index contributed by atoms with van der Waals surface area (Å²) in [7, 11) is 0. The summed E-state index contributed by atoms with van der Waals surface area (Å²) in [6.45, 7) is 22.8. The molecule has 12 rings (SSSR count). The van der Waals surface area contributed by atoms with Gasteiger partial charge < -0.3 is 9.80 Å². The Balaban J connectivity index is 1.19. The minimum absolute atomic E-state index is 0.277. The van der Waals surface area contributed by atoms with Gasteiger partial charge in [-0.2, -0.15) is 0 Å². The highest BCUT2D eigenvalue weighted by molar-refractivity contribution is 6.11. The van der Waals surface area contributed by atoms with Crippen molar-refractivity contribution >= 4 is 55.7 Å². The van der Waals surface area contributed by atoms with Crippen LogP contribution in [0.1, 0.15) is 106 Å². The maximum absolute atomic E-state index is 2.60. The lowest BCUT2D eigenvalue weighted by Gasteiger charge is -2.34. The fourth-order valence-electron chi connectivity index (χ4n) is 12.9. The van der Waals surface area contributed by atoms with Crippen molar-refractivity contribution in [2.45, 2.75) is 86.5 Å². The van der Waals surface area contributed by atoms with Crippen molar-refractivity contribution in [2.75, 3.05) is 9.80 Å². The molecule has 0 saturated heterocycles. The van der Waals surface area contributed by atoms with E-state index in [1.54, 1.807) is 0 Å². The third-order valence-electron chi connectivity index (χ3n) is 15.7. The molecular formula is C69H62N2. The average Bonchev–Trinajstić information content (AvgIpc) is 3.82. The van der Waals surface area contributed by atoms with Gasteiger partial charge in [0.15, 0.2) is 0 Å². The molecule has 2 nitrogen and oxygen atoms in total. The molecule has 0 heterocycles. The molecule has 0 atom stereocenters. The number of rotatable bonds is 8. The van der Waals surface area contributed by atoms with E-state index < -0.39 is 5.41 Å². The SMILES string of the molecule is Cc1cc(C)cc(N(c2ccc3c4c(cc(C(C)C)c3c2)-c2cc(C(C)C)c3cc(N(c5cc(C)cc(C)c5)c5ccccc5C)ccc3c2C42c3ccccc3-c3ccccc32)c2ccccc2C)c1. The van der Waals surface area contributed by atoms with E-state index in [-0.39, 0.29) is 11.8 Å². The second-order valence-corrected chi connectivity index (χ2v) is 21.3. The Labute approximate surface area is 420 Å². The van der Waals surface area contributed by atoms with E-state index in [2.05, 4.69) is 261 Å². The summed E-state index contributed by atoms with van der Waals surface area (Å²) < 4.78 is 0. The summed E-state index contributed by atoms with van der Waals surface area (Å²) in [6.07, 6.45) is 0. The number of para-hydroxylation sites is 2. The minimum Gasteiger partial charge on any atom is -0.310 e. The molecule has 0 aromatic heterocycles. The Morgan fingerprint density at radius 2 is 0.690 bits per heavy atom. The highest BCUT2D eigenvalue weighted by Crippen LogP contribution is 2.66. The Bertz CT molecular complexity index is 3520. The number of nitrogens with zero attached hydrogens (tertiary/aromatic N) is 2. The van der Waals surface area contributed by atoms with Crippen LogP contribution in [0.15, 0.2) is 182 Å². The van der Waals surface area contributed by atoms with Gasteiger partial charge in [0.2, 0.25) is 0 Å². The molecule has 0 aliphatic heterocycles. The van der Waals surface area contributed by atoms with Crippen molar-refractivity contribution in [3.63, 3.8) is 0 Å². The van der Waals surface area contributed by atoms with Crippen LogP contribution < -0.4 is 9.80 Å². The number of anilines is 6. The monoisotopic (exact) mass is 918 g/mol. The van der Waals surface area contributed by atoms with Crippen LogP contribution in [-0.2, 0) is 5.41 Å². The van der Waals surface area contributed by atoms with Gasteiger partial charge in [-0.05, 0) is 237 Å². The van der Waals surface area contributed by atoms with Crippen molar-refractivity contribution in [3.05, 3.63) is 249 Å². The van der Waals surface area contributed by atoms with Gasteiger partial charge >= 0.3 is 0 Å². The van der Waals surface area contributed by atoms with Gasteiger partial charge in [-0.15, -0.1) is 0 Å². The first-order valence-electron chi connectivity index (χ1n) is 25.6. The summed E-state index contributed by atoms with van der Waals surface area (Å²) in [6, 6.07) is 70.1. The van der Waals surface area contributed by atoms with Gasteiger partial charge in [-0.1, -0.05) is 137 Å². The third-order valence-corrected chi connectivity index (χ3v) is 15.7. The Kier molecular flexibility index (Phi) is 10.5. The molecule has 0 fully saturated rings. The van der Waals surface area contributed by atoms with E-state index in [0.29, 0.717) is 0 Å².